The van der Waals surface area contributed by atoms with Gasteiger partial charge < -0.3 is 9.47 Å². The summed E-state index contributed by atoms with van der Waals surface area (Å²) in [6, 6.07) is 0. The van der Waals surface area contributed by atoms with Crippen LogP contribution < -0.4 is 0 Å². The molecule has 0 aromatic heterocycles. The molecule has 3 nitrogen and oxygen atoms in total. The van der Waals surface area contributed by atoms with Crippen LogP contribution in [-0.4, -0.2) is 31.0 Å². The number of halogens is 1. The van der Waals surface area contributed by atoms with Gasteiger partial charge in [0, 0.05) is 0 Å². The molecule has 0 heterocycles. The van der Waals surface area contributed by atoms with Crippen molar-refractivity contribution in [3.05, 3.63) is 12.7 Å². The number of ether oxygens (including phenoxy) is 2. The smallest absolute Gasteiger partial charge is 0.332 e. The zero-order valence-corrected chi connectivity index (χ0v) is 8.88. The predicted molar refractivity (Wildman–Crippen MR) is 51.8 cm³/mol. The van der Waals surface area contributed by atoms with Crippen molar-refractivity contribution in [1.29, 1.82) is 0 Å². The minimum Gasteiger partial charge on any atom is -0.458 e. The van der Waals surface area contributed by atoms with Crippen molar-refractivity contribution in [2.24, 2.45) is 0 Å². The second-order valence-electron chi connectivity index (χ2n) is 3.83. The molecule has 0 aliphatic rings. The SMILES string of the molecule is C=CC(CF)OCC(=O)OC(C)(C)C. The zero-order chi connectivity index (χ0) is 11.2. The van der Waals surface area contributed by atoms with Crippen molar-refractivity contribution >= 4 is 5.97 Å². The molecule has 0 aromatic rings. The number of carbonyl (C=O) groups is 1. The number of hydrogen-bond acceptors (Lipinski definition) is 3. The molecule has 0 radical (unpaired) electrons. The molecule has 0 aliphatic heterocycles. The van der Waals surface area contributed by atoms with Crippen molar-refractivity contribution in [3.63, 3.8) is 0 Å². The van der Waals surface area contributed by atoms with Crippen LogP contribution in [0.5, 0.6) is 0 Å². The molecule has 0 rings (SSSR count). The van der Waals surface area contributed by atoms with E-state index in [4.69, 9.17) is 9.47 Å². The van der Waals surface area contributed by atoms with Gasteiger partial charge in [-0.3, -0.25) is 0 Å². The molecule has 0 spiro atoms. The second kappa shape index (κ2) is 5.75. The number of alkyl halides is 1. The third-order valence-electron chi connectivity index (χ3n) is 1.25. The van der Waals surface area contributed by atoms with Crippen LogP contribution in [0, 0.1) is 0 Å². The highest BCUT2D eigenvalue weighted by Crippen LogP contribution is 2.07. The Morgan fingerprint density at radius 1 is 1.57 bits per heavy atom. The minimum absolute atomic E-state index is 0.252. The standard InChI is InChI=1S/C10H17FO3/c1-5-8(6-11)13-7-9(12)14-10(2,3)4/h5,8H,1,6-7H2,2-4H3. The fourth-order valence-electron chi connectivity index (χ4n) is 0.722. The molecule has 14 heavy (non-hydrogen) atoms. The van der Waals surface area contributed by atoms with Crippen LogP contribution in [-0.2, 0) is 14.3 Å². The number of hydrogen-bond donors (Lipinski definition) is 0. The van der Waals surface area contributed by atoms with E-state index in [1.807, 2.05) is 0 Å². The molecule has 0 amide bonds. The highest BCUT2D eigenvalue weighted by atomic mass is 19.1. The van der Waals surface area contributed by atoms with Crippen LogP contribution in [0.4, 0.5) is 4.39 Å². The number of rotatable bonds is 5. The zero-order valence-electron chi connectivity index (χ0n) is 8.88. The highest BCUT2D eigenvalue weighted by molar-refractivity contribution is 5.71. The lowest BCUT2D eigenvalue weighted by atomic mass is 10.2. The van der Waals surface area contributed by atoms with E-state index in [-0.39, 0.29) is 6.61 Å². The monoisotopic (exact) mass is 204 g/mol. The quantitative estimate of drug-likeness (QED) is 0.506. The molecule has 82 valence electrons. The normalized spacial score (nSPS) is 13.4. The molecule has 0 bridgehead atoms. The van der Waals surface area contributed by atoms with Gasteiger partial charge in [0.2, 0.25) is 0 Å². The molecular weight excluding hydrogens is 187 g/mol. The summed E-state index contributed by atoms with van der Waals surface area (Å²) in [5.41, 5.74) is -0.542. The summed E-state index contributed by atoms with van der Waals surface area (Å²) >= 11 is 0. The first-order valence-electron chi connectivity index (χ1n) is 4.41. The predicted octanol–water partition coefficient (Wildman–Crippen LogP) is 1.87. The molecule has 1 unspecified atom stereocenters. The summed E-state index contributed by atoms with van der Waals surface area (Å²) in [6.45, 7) is 7.69. The summed E-state index contributed by atoms with van der Waals surface area (Å²) in [7, 11) is 0. The maximum Gasteiger partial charge on any atom is 0.332 e. The van der Waals surface area contributed by atoms with E-state index in [9.17, 15) is 9.18 Å². The Bertz CT molecular complexity index is 196. The first-order chi connectivity index (χ1) is 6.39. The molecule has 0 fully saturated rings. The second-order valence-corrected chi connectivity index (χ2v) is 3.83. The Labute approximate surface area is 83.9 Å². The lowest BCUT2D eigenvalue weighted by Gasteiger charge is -2.20. The third-order valence-corrected chi connectivity index (χ3v) is 1.25. The van der Waals surface area contributed by atoms with Gasteiger partial charge >= 0.3 is 5.97 Å². The van der Waals surface area contributed by atoms with Crippen LogP contribution in [0.3, 0.4) is 0 Å². The van der Waals surface area contributed by atoms with Crippen molar-refractivity contribution in [1.82, 2.24) is 0 Å². The Morgan fingerprint density at radius 2 is 2.14 bits per heavy atom. The molecule has 4 heteroatoms. The topological polar surface area (TPSA) is 35.5 Å². The van der Waals surface area contributed by atoms with Gasteiger partial charge in [0.15, 0.2) is 0 Å². The lowest BCUT2D eigenvalue weighted by molar-refractivity contribution is -0.161. The summed E-state index contributed by atoms with van der Waals surface area (Å²) in [5.74, 6) is -0.502. The van der Waals surface area contributed by atoms with Crippen molar-refractivity contribution < 1.29 is 18.7 Å². The van der Waals surface area contributed by atoms with Crippen LogP contribution in [0.25, 0.3) is 0 Å². The van der Waals surface area contributed by atoms with E-state index in [1.165, 1.54) is 6.08 Å². The van der Waals surface area contributed by atoms with E-state index in [1.54, 1.807) is 20.8 Å². The van der Waals surface area contributed by atoms with Gasteiger partial charge in [-0.05, 0) is 20.8 Å². The Kier molecular flexibility index (Phi) is 5.38. The maximum absolute atomic E-state index is 12.1. The van der Waals surface area contributed by atoms with Gasteiger partial charge in [0.1, 0.15) is 25.0 Å². The Hall–Kier alpha value is -0.900. The Morgan fingerprint density at radius 3 is 2.50 bits per heavy atom. The fraction of sp³-hybridized carbons (Fsp3) is 0.700. The fourth-order valence-corrected chi connectivity index (χ4v) is 0.722. The van der Waals surface area contributed by atoms with Crippen molar-refractivity contribution in [2.45, 2.75) is 32.5 Å². The lowest BCUT2D eigenvalue weighted by Crippen LogP contribution is -2.28. The van der Waals surface area contributed by atoms with Gasteiger partial charge in [-0.2, -0.15) is 0 Å². The summed E-state index contributed by atoms with van der Waals surface area (Å²) in [4.78, 5) is 11.1. The van der Waals surface area contributed by atoms with Gasteiger partial charge in [-0.1, -0.05) is 6.08 Å². The van der Waals surface area contributed by atoms with Crippen LogP contribution in [0.15, 0.2) is 12.7 Å². The van der Waals surface area contributed by atoms with Gasteiger partial charge in [0.25, 0.3) is 0 Å². The minimum atomic E-state index is -0.734. The van der Waals surface area contributed by atoms with Gasteiger partial charge in [0.05, 0.1) is 0 Å². The molecule has 0 N–H and O–H groups in total. The van der Waals surface area contributed by atoms with Gasteiger partial charge in [-0.25, -0.2) is 9.18 Å². The summed E-state index contributed by atoms with van der Waals surface area (Å²) < 4.78 is 21.9. The molecular formula is C10H17FO3. The van der Waals surface area contributed by atoms with Crippen molar-refractivity contribution in [3.8, 4) is 0 Å². The number of esters is 1. The van der Waals surface area contributed by atoms with E-state index in [0.29, 0.717) is 0 Å². The van der Waals surface area contributed by atoms with E-state index >= 15 is 0 Å². The first kappa shape index (κ1) is 13.1. The van der Waals surface area contributed by atoms with E-state index < -0.39 is 24.3 Å². The maximum atomic E-state index is 12.1. The van der Waals surface area contributed by atoms with Crippen LogP contribution in [0.1, 0.15) is 20.8 Å². The number of carbonyl (C=O) groups excluding carboxylic acids is 1. The van der Waals surface area contributed by atoms with Crippen LogP contribution >= 0.6 is 0 Å². The largest absolute Gasteiger partial charge is 0.458 e. The average Bonchev–Trinajstić information content (AvgIpc) is 2.03. The molecule has 1 atom stereocenters. The van der Waals surface area contributed by atoms with Crippen LogP contribution in [0.2, 0.25) is 0 Å². The van der Waals surface area contributed by atoms with Crippen molar-refractivity contribution in [2.75, 3.05) is 13.3 Å². The molecule has 0 saturated heterocycles. The molecule has 0 aromatic carbocycles. The van der Waals surface area contributed by atoms with Gasteiger partial charge in [-0.15, -0.1) is 6.58 Å². The summed E-state index contributed by atoms with van der Waals surface area (Å²) in [5, 5.41) is 0. The van der Waals surface area contributed by atoms with E-state index in [0.717, 1.165) is 0 Å². The highest BCUT2D eigenvalue weighted by Gasteiger charge is 2.17. The Balaban J connectivity index is 3.79. The molecule has 0 aliphatic carbocycles. The van der Waals surface area contributed by atoms with E-state index in [2.05, 4.69) is 6.58 Å². The summed E-state index contributed by atoms with van der Waals surface area (Å²) in [6.07, 6.45) is 0.576. The average molecular weight is 204 g/mol. The molecule has 0 saturated carbocycles. The first-order valence-corrected chi connectivity index (χ1v) is 4.41. The third kappa shape index (κ3) is 6.60.